The fourth-order valence-corrected chi connectivity index (χ4v) is 1.57. The van der Waals surface area contributed by atoms with E-state index in [1.807, 2.05) is 12.1 Å². The Morgan fingerprint density at radius 3 is 2.62 bits per heavy atom. The van der Waals surface area contributed by atoms with Crippen molar-refractivity contribution >= 4 is 18.5 Å². The Morgan fingerprint density at radius 2 is 2.06 bits per heavy atom. The Labute approximate surface area is 99.6 Å². The van der Waals surface area contributed by atoms with E-state index in [0.717, 1.165) is 12.0 Å². The largest absolute Gasteiger partial charge is 0.449 e. The topological polar surface area (TPSA) is 62.1 Å². The number of nitrogens with one attached hydrogen (secondary N) is 1. The molecule has 1 N–H and O–H groups in total. The summed E-state index contributed by atoms with van der Waals surface area (Å²) in [5.41, 5.74) is 1.63. The predicted molar refractivity (Wildman–Crippen MR) is 60.2 cm³/mol. The minimum atomic E-state index is -0.379. The van der Waals surface area contributed by atoms with Crippen molar-refractivity contribution in [2.45, 2.75) is 12.5 Å². The Kier molecular flexibility index (Phi) is 4.15. The number of nitriles is 1. The number of rotatable bonds is 1. The van der Waals surface area contributed by atoms with Gasteiger partial charge in [0.2, 0.25) is 0 Å². The molecule has 0 aliphatic carbocycles. The molecular formula is C11H11ClN2O2. The van der Waals surface area contributed by atoms with Gasteiger partial charge in [-0.1, -0.05) is 12.1 Å². The molecule has 1 aliphatic heterocycles. The van der Waals surface area contributed by atoms with Crippen molar-refractivity contribution in [3.8, 4) is 6.07 Å². The van der Waals surface area contributed by atoms with Gasteiger partial charge in [-0.05, 0) is 17.7 Å². The van der Waals surface area contributed by atoms with Gasteiger partial charge in [0.15, 0.2) is 0 Å². The number of benzene rings is 1. The van der Waals surface area contributed by atoms with Crippen LogP contribution < -0.4 is 5.32 Å². The third-order valence-corrected chi connectivity index (χ3v) is 2.37. The highest BCUT2D eigenvalue weighted by molar-refractivity contribution is 5.85. The zero-order valence-corrected chi connectivity index (χ0v) is 9.29. The lowest BCUT2D eigenvalue weighted by Gasteiger charge is -2.23. The molecule has 5 heteroatoms. The molecule has 0 bridgehead atoms. The van der Waals surface area contributed by atoms with E-state index in [9.17, 15) is 4.79 Å². The highest BCUT2D eigenvalue weighted by Gasteiger charge is 2.20. The fraction of sp³-hybridized carbons (Fsp3) is 0.273. The Morgan fingerprint density at radius 1 is 1.38 bits per heavy atom. The van der Waals surface area contributed by atoms with Gasteiger partial charge in [-0.2, -0.15) is 5.26 Å². The summed E-state index contributed by atoms with van der Waals surface area (Å²) in [7, 11) is 0. The Bertz CT molecular complexity index is 411. The van der Waals surface area contributed by atoms with E-state index in [1.54, 1.807) is 12.1 Å². The summed E-state index contributed by atoms with van der Waals surface area (Å²) in [4.78, 5) is 11.0. The van der Waals surface area contributed by atoms with Crippen LogP contribution in [-0.2, 0) is 4.74 Å². The number of hydrogen-bond acceptors (Lipinski definition) is 3. The number of alkyl carbamates (subject to hydrolysis) is 1. The molecule has 1 amide bonds. The second kappa shape index (κ2) is 5.38. The first-order chi connectivity index (χ1) is 7.29. The monoisotopic (exact) mass is 238 g/mol. The summed E-state index contributed by atoms with van der Waals surface area (Å²) in [6.45, 7) is 0.441. The third kappa shape index (κ3) is 2.65. The molecule has 1 fully saturated rings. The van der Waals surface area contributed by atoms with Crippen LogP contribution in [0, 0.1) is 11.3 Å². The average Bonchev–Trinajstić information content (AvgIpc) is 2.29. The second-order valence-electron chi connectivity index (χ2n) is 3.36. The normalized spacial score (nSPS) is 18.7. The lowest BCUT2D eigenvalue weighted by molar-refractivity contribution is 0.115. The number of carbonyl (C=O) groups excluding carboxylic acids is 1. The number of hydrogen-bond donors (Lipinski definition) is 1. The lowest BCUT2D eigenvalue weighted by Crippen LogP contribution is -2.35. The van der Waals surface area contributed by atoms with E-state index >= 15 is 0 Å². The molecule has 1 aliphatic rings. The third-order valence-electron chi connectivity index (χ3n) is 2.37. The molecule has 84 valence electrons. The summed E-state index contributed by atoms with van der Waals surface area (Å²) < 4.78 is 4.77. The van der Waals surface area contributed by atoms with E-state index < -0.39 is 0 Å². The first-order valence-corrected chi connectivity index (χ1v) is 4.73. The number of halogens is 1. The first kappa shape index (κ1) is 12.3. The van der Waals surface area contributed by atoms with Crippen molar-refractivity contribution in [1.29, 1.82) is 5.26 Å². The summed E-state index contributed by atoms with van der Waals surface area (Å²) in [5, 5.41) is 11.4. The molecular weight excluding hydrogens is 228 g/mol. The molecule has 2 rings (SSSR count). The fourth-order valence-electron chi connectivity index (χ4n) is 1.57. The first-order valence-electron chi connectivity index (χ1n) is 4.73. The number of amides is 1. The van der Waals surface area contributed by atoms with Gasteiger partial charge in [0.1, 0.15) is 0 Å². The minimum Gasteiger partial charge on any atom is -0.449 e. The maximum atomic E-state index is 11.0. The van der Waals surface area contributed by atoms with Crippen LogP contribution >= 0.6 is 12.4 Å². The highest BCUT2D eigenvalue weighted by Crippen LogP contribution is 2.20. The van der Waals surface area contributed by atoms with Gasteiger partial charge in [-0.3, -0.25) is 0 Å². The summed E-state index contributed by atoms with van der Waals surface area (Å²) in [6, 6.07) is 9.26. The summed E-state index contributed by atoms with van der Waals surface area (Å²) >= 11 is 0. The molecule has 1 atom stereocenters. The van der Waals surface area contributed by atoms with Crippen LogP contribution in [0.3, 0.4) is 0 Å². The van der Waals surface area contributed by atoms with E-state index in [2.05, 4.69) is 11.4 Å². The number of nitrogens with zero attached hydrogens (tertiary/aromatic N) is 1. The Balaban J connectivity index is 0.00000128. The van der Waals surface area contributed by atoms with Gasteiger partial charge in [-0.25, -0.2) is 4.79 Å². The van der Waals surface area contributed by atoms with Gasteiger partial charge in [0.25, 0.3) is 0 Å². The molecule has 1 aromatic rings. The van der Waals surface area contributed by atoms with Crippen molar-refractivity contribution in [2.24, 2.45) is 0 Å². The van der Waals surface area contributed by atoms with Crippen LogP contribution in [0.2, 0.25) is 0 Å². The summed E-state index contributed by atoms with van der Waals surface area (Å²) in [5.74, 6) is 0. The number of ether oxygens (including phenoxy) is 1. The molecule has 1 heterocycles. The highest BCUT2D eigenvalue weighted by atomic mass is 35.5. The smallest absolute Gasteiger partial charge is 0.407 e. The van der Waals surface area contributed by atoms with Gasteiger partial charge in [0, 0.05) is 6.42 Å². The zero-order chi connectivity index (χ0) is 10.7. The molecule has 0 unspecified atom stereocenters. The van der Waals surface area contributed by atoms with Crippen LogP contribution in [0.4, 0.5) is 4.79 Å². The number of cyclic esters (lactones) is 1. The molecule has 1 aromatic carbocycles. The van der Waals surface area contributed by atoms with Crippen LogP contribution in [0.15, 0.2) is 24.3 Å². The van der Waals surface area contributed by atoms with Gasteiger partial charge in [-0.15, -0.1) is 12.4 Å². The van der Waals surface area contributed by atoms with Crippen LogP contribution in [0.1, 0.15) is 23.6 Å². The number of carbonyl (C=O) groups is 1. The van der Waals surface area contributed by atoms with Gasteiger partial charge < -0.3 is 10.1 Å². The van der Waals surface area contributed by atoms with Crippen molar-refractivity contribution in [1.82, 2.24) is 5.32 Å². The molecule has 0 radical (unpaired) electrons. The standard InChI is InChI=1S/C11H10N2O2.ClH/c12-7-8-1-3-9(4-2-8)10-5-6-15-11(14)13-10;/h1-4,10H,5-6H2,(H,13,14);1H/t10-;/m1./s1. The minimum absolute atomic E-state index is 0. The van der Waals surface area contributed by atoms with E-state index in [0.29, 0.717) is 12.2 Å². The molecule has 16 heavy (non-hydrogen) atoms. The van der Waals surface area contributed by atoms with Crippen LogP contribution in [-0.4, -0.2) is 12.7 Å². The van der Waals surface area contributed by atoms with E-state index in [-0.39, 0.29) is 24.5 Å². The SMILES string of the molecule is Cl.N#Cc1ccc([C@H]2CCOC(=O)N2)cc1. The van der Waals surface area contributed by atoms with Gasteiger partial charge >= 0.3 is 6.09 Å². The van der Waals surface area contributed by atoms with Crippen molar-refractivity contribution < 1.29 is 9.53 Å². The molecule has 0 aromatic heterocycles. The Hall–Kier alpha value is -1.73. The predicted octanol–water partition coefficient (Wildman–Crippen LogP) is 2.15. The average molecular weight is 239 g/mol. The second-order valence-corrected chi connectivity index (χ2v) is 3.36. The maximum absolute atomic E-state index is 11.0. The van der Waals surface area contributed by atoms with E-state index in [4.69, 9.17) is 10.00 Å². The maximum Gasteiger partial charge on any atom is 0.407 e. The molecule has 0 saturated carbocycles. The zero-order valence-electron chi connectivity index (χ0n) is 8.47. The molecule has 0 spiro atoms. The van der Waals surface area contributed by atoms with Gasteiger partial charge in [0.05, 0.1) is 24.3 Å². The van der Waals surface area contributed by atoms with Crippen LogP contribution in [0.25, 0.3) is 0 Å². The summed E-state index contributed by atoms with van der Waals surface area (Å²) in [6.07, 6.45) is 0.382. The van der Waals surface area contributed by atoms with E-state index in [1.165, 1.54) is 0 Å². The van der Waals surface area contributed by atoms with Crippen molar-refractivity contribution in [3.05, 3.63) is 35.4 Å². The van der Waals surface area contributed by atoms with Crippen molar-refractivity contribution in [2.75, 3.05) is 6.61 Å². The lowest BCUT2D eigenvalue weighted by atomic mass is 10.0. The van der Waals surface area contributed by atoms with Crippen LogP contribution in [0.5, 0.6) is 0 Å². The molecule has 4 nitrogen and oxygen atoms in total. The molecule has 1 saturated heterocycles. The quantitative estimate of drug-likeness (QED) is 0.816. The van der Waals surface area contributed by atoms with Crippen molar-refractivity contribution in [3.63, 3.8) is 0 Å².